The molecule has 0 radical (unpaired) electrons. The number of nitrogens with one attached hydrogen (secondary N) is 1. The molecule has 1 aliphatic heterocycles. The molecule has 17 heavy (non-hydrogen) atoms. The van der Waals surface area contributed by atoms with Gasteiger partial charge in [-0.3, -0.25) is 9.88 Å². The predicted octanol–water partition coefficient (Wildman–Crippen LogP) is 2.06. The number of hydrogen-bond donors (Lipinski definition) is 1. The summed E-state index contributed by atoms with van der Waals surface area (Å²) in [4.78, 5) is 6.49. The minimum absolute atomic E-state index is 0. The van der Waals surface area contributed by atoms with Crippen LogP contribution in [0.3, 0.4) is 0 Å². The van der Waals surface area contributed by atoms with Gasteiger partial charge in [-0.05, 0) is 17.7 Å². The number of piperazine rings is 1. The van der Waals surface area contributed by atoms with Crippen molar-refractivity contribution in [3.63, 3.8) is 0 Å². The second-order valence-corrected chi connectivity index (χ2v) is 3.75. The van der Waals surface area contributed by atoms with Crippen LogP contribution >= 0.6 is 24.8 Å². The molecule has 1 aromatic rings. The van der Waals surface area contributed by atoms with Crippen LogP contribution in [0.25, 0.3) is 0 Å². The van der Waals surface area contributed by atoms with Gasteiger partial charge in [0.1, 0.15) is 0 Å². The van der Waals surface area contributed by atoms with Gasteiger partial charge in [0.05, 0.1) is 6.04 Å². The lowest BCUT2D eigenvalue weighted by Gasteiger charge is -2.33. The molecule has 0 aliphatic carbocycles. The Morgan fingerprint density at radius 2 is 1.82 bits per heavy atom. The first-order chi connectivity index (χ1) is 7.42. The number of halogens is 2. The van der Waals surface area contributed by atoms with Crippen molar-refractivity contribution in [2.24, 2.45) is 0 Å². The highest BCUT2D eigenvalue weighted by Crippen LogP contribution is 2.20. The Bertz CT molecular complexity index is 313. The van der Waals surface area contributed by atoms with Crippen LogP contribution in [-0.2, 0) is 0 Å². The highest BCUT2D eigenvalue weighted by atomic mass is 35.5. The predicted molar refractivity (Wildman–Crippen MR) is 76.1 cm³/mol. The molecular weight excluding hydrogens is 257 g/mol. The highest BCUT2D eigenvalue weighted by molar-refractivity contribution is 5.85. The minimum atomic E-state index is 0. The van der Waals surface area contributed by atoms with E-state index in [2.05, 4.69) is 33.9 Å². The summed E-state index contributed by atoms with van der Waals surface area (Å²) in [6.07, 6.45) is 5.70. The third kappa shape index (κ3) is 4.28. The molecule has 3 nitrogen and oxygen atoms in total. The highest BCUT2D eigenvalue weighted by Gasteiger charge is 2.18. The van der Waals surface area contributed by atoms with E-state index in [-0.39, 0.29) is 24.8 Å². The number of hydrogen-bond acceptors (Lipinski definition) is 3. The quantitative estimate of drug-likeness (QED) is 0.856. The number of nitrogens with zero attached hydrogens (tertiary/aromatic N) is 2. The number of aromatic nitrogens is 1. The molecule has 96 valence electrons. The fourth-order valence-corrected chi connectivity index (χ4v) is 2.02. The van der Waals surface area contributed by atoms with Crippen molar-refractivity contribution in [1.29, 1.82) is 0 Å². The van der Waals surface area contributed by atoms with E-state index in [0.717, 1.165) is 26.2 Å². The molecular formula is C12H19Cl2N3. The molecule has 2 rings (SSSR count). The normalized spacial score (nSPS) is 17.4. The van der Waals surface area contributed by atoms with Gasteiger partial charge >= 0.3 is 0 Å². The zero-order chi connectivity index (χ0) is 10.5. The van der Waals surface area contributed by atoms with Crippen molar-refractivity contribution in [3.8, 4) is 0 Å². The Hall–Kier alpha value is -0.610. The fraction of sp³-hybridized carbons (Fsp3) is 0.417. The van der Waals surface area contributed by atoms with Crippen LogP contribution < -0.4 is 5.32 Å². The van der Waals surface area contributed by atoms with Gasteiger partial charge in [-0.25, -0.2) is 0 Å². The lowest BCUT2D eigenvalue weighted by atomic mass is 10.1. The molecule has 1 fully saturated rings. The molecule has 0 spiro atoms. The first-order valence-corrected chi connectivity index (χ1v) is 5.39. The molecule has 1 aromatic heterocycles. The van der Waals surface area contributed by atoms with E-state index in [9.17, 15) is 0 Å². The lowest BCUT2D eigenvalue weighted by molar-refractivity contribution is 0.203. The summed E-state index contributed by atoms with van der Waals surface area (Å²) >= 11 is 0. The van der Waals surface area contributed by atoms with Gasteiger partial charge in [0.25, 0.3) is 0 Å². The SMILES string of the molecule is C=C[C@H](c1ccncc1)N1CCNCC1.Cl.Cl. The van der Waals surface area contributed by atoms with Gasteiger partial charge in [0.2, 0.25) is 0 Å². The molecule has 5 heteroatoms. The molecule has 1 N–H and O–H groups in total. The zero-order valence-corrected chi connectivity index (χ0v) is 11.3. The van der Waals surface area contributed by atoms with Crippen molar-refractivity contribution in [2.75, 3.05) is 26.2 Å². The largest absolute Gasteiger partial charge is 0.314 e. The van der Waals surface area contributed by atoms with Crippen LogP contribution in [0.15, 0.2) is 37.2 Å². The lowest BCUT2D eigenvalue weighted by Crippen LogP contribution is -2.44. The Morgan fingerprint density at radius 1 is 1.24 bits per heavy atom. The minimum Gasteiger partial charge on any atom is -0.314 e. The summed E-state index contributed by atoms with van der Waals surface area (Å²) < 4.78 is 0. The van der Waals surface area contributed by atoms with Crippen molar-refractivity contribution in [1.82, 2.24) is 15.2 Å². The topological polar surface area (TPSA) is 28.2 Å². The molecule has 0 bridgehead atoms. The van der Waals surface area contributed by atoms with Gasteiger partial charge in [0.15, 0.2) is 0 Å². The van der Waals surface area contributed by atoms with Crippen molar-refractivity contribution in [3.05, 3.63) is 42.7 Å². The van der Waals surface area contributed by atoms with Crippen LogP contribution in [-0.4, -0.2) is 36.1 Å². The average molecular weight is 276 g/mol. The van der Waals surface area contributed by atoms with E-state index in [4.69, 9.17) is 0 Å². The van der Waals surface area contributed by atoms with E-state index in [0.29, 0.717) is 6.04 Å². The Morgan fingerprint density at radius 3 is 2.35 bits per heavy atom. The molecule has 0 saturated carbocycles. The number of pyridine rings is 1. The maximum Gasteiger partial charge on any atom is 0.0531 e. The fourth-order valence-electron chi connectivity index (χ4n) is 2.02. The second-order valence-electron chi connectivity index (χ2n) is 3.75. The van der Waals surface area contributed by atoms with Gasteiger partial charge in [-0.2, -0.15) is 0 Å². The summed E-state index contributed by atoms with van der Waals surface area (Å²) in [6, 6.07) is 4.46. The van der Waals surface area contributed by atoms with Crippen molar-refractivity contribution >= 4 is 24.8 Å². The summed E-state index contributed by atoms with van der Waals surface area (Å²) in [7, 11) is 0. The molecule has 1 aliphatic rings. The monoisotopic (exact) mass is 275 g/mol. The van der Waals surface area contributed by atoms with Gasteiger partial charge < -0.3 is 5.32 Å². The zero-order valence-electron chi connectivity index (χ0n) is 9.71. The smallest absolute Gasteiger partial charge is 0.0531 e. The Labute approximate surface area is 115 Å². The first kappa shape index (κ1) is 16.4. The molecule has 0 aromatic carbocycles. The Kier molecular flexibility index (Phi) is 8.17. The van der Waals surface area contributed by atoms with Crippen LogP contribution in [0.2, 0.25) is 0 Å². The van der Waals surface area contributed by atoms with Crippen molar-refractivity contribution in [2.45, 2.75) is 6.04 Å². The summed E-state index contributed by atoms with van der Waals surface area (Å²) in [5.74, 6) is 0. The Balaban J connectivity index is 0.00000128. The molecule has 0 amide bonds. The van der Waals surface area contributed by atoms with E-state index < -0.39 is 0 Å². The van der Waals surface area contributed by atoms with E-state index >= 15 is 0 Å². The van der Waals surface area contributed by atoms with Crippen LogP contribution in [0.4, 0.5) is 0 Å². The number of rotatable bonds is 3. The third-order valence-electron chi connectivity index (χ3n) is 2.82. The van der Waals surface area contributed by atoms with E-state index in [1.54, 1.807) is 0 Å². The average Bonchev–Trinajstić information content (AvgIpc) is 2.33. The first-order valence-electron chi connectivity index (χ1n) is 5.39. The summed E-state index contributed by atoms with van der Waals surface area (Å²) in [5, 5.41) is 3.36. The second kappa shape index (κ2) is 8.48. The standard InChI is InChI=1S/C12H17N3.2ClH/c1-2-12(11-3-5-13-6-4-11)15-9-7-14-8-10-15;;/h2-6,12,14H,1,7-10H2;2*1H/t12-;;/m1../s1. The van der Waals surface area contributed by atoms with E-state index in [1.807, 2.05) is 18.5 Å². The van der Waals surface area contributed by atoms with Gasteiger partial charge in [-0.15, -0.1) is 31.4 Å². The molecule has 1 saturated heterocycles. The van der Waals surface area contributed by atoms with Crippen LogP contribution in [0.1, 0.15) is 11.6 Å². The molecule has 2 heterocycles. The molecule has 0 unspecified atom stereocenters. The van der Waals surface area contributed by atoms with Crippen molar-refractivity contribution < 1.29 is 0 Å². The molecule has 1 atom stereocenters. The van der Waals surface area contributed by atoms with Gasteiger partial charge in [-0.1, -0.05) is 6.08 Å². The summed E-state index contributed by atoms with van der Waals surface area (Å²) in [6.45, 7) is 8.22. The maximum absolute atomic E-state index is 4.04. The third-order valence-corrected chi connectivity index (χ3v) is 2.82. The van der Waals surface area contributed by atoms with Gasteiger partial charge in [0, 0.05) is 38.6 Å². The van der Waals surface area contributed by atoms with Crippen LogP contribution in [0, 0.1) is 0 Å². The van der Waals surface area contributed by atoms with Crippen LogP contribution in [0.5, 0.6) is 0 Å². The summed E-state index contributed by atoms with van der Waals surface area (Å²) in [5.41, 5.74) is 1.28. The maximum atomic E-state index is 4.04. The van der Waals surface area contributed by atoms with E-state index in [1.165, 1.54) is 5.56 Å².